The normalized spacial score (nSPS) is 13.1. The minimum absolute atomic E-state index is 0. The van der Waals surface area contributed by atoms with E-state index < -0.39 is 0 Å². The van der Waals surface area contributed by atoms with E-state index in [0.717, 1.165) is 5.92 Å². The van der Waals surface area contributed by atoms with Crippen molar-refractivity contribution in [3.05, 3.63) is 0 Å². The first-order chi connectivity index (χ1) is 8.48. The summed E-state index contributed by atoms with van der Waals surface area (Å²) in [5.74, 6) is 0.830. The van der Waals surface area contributed by atoms with Crippen LogP contribution >= 0.6 is 21.6 Å². The van der Waals surface area contributed by atoms with Gasteiger partial charge in [0.25, 0.3) is 0 Å². The maximum absolute atomic E-state index is 2.99. The maximum atomic E-state index is 2.99. The summed E-state index contributed by atoms with van der Waals surface area (Å²) in [6.07, 6.45) is 15.8. The zero-order chi connectivity index (χ0) is 13.9. The molecule has 2 atom stereocenters. The van der Waals surface area contributed by atoms with Crippen molar-refractivity contribution in [3.63, 3.8) is 0 Å². The molecule has 2 heteroatoms. The van der Waals surface area contributed by atoms with Crippen LogP contribution in [0.1, 0.15) is 98.3 Å². The van der Waals surface area contributed by atoms with Crippen LogP contribution < -0.4 is 0 Å². The zero-order valence-electron chi connectivity index (χ0n) is 13.8. The van der Waals surface area contributed by atoms with Crippen LogP contribution in [0.2, 0.25) is 0 Å². The van der Waals surface area contributed by atoms with E-state index in [0.29, 0.717) is 5.16 Å². The van der Waals surface area contributed by atoms with E-state index in [4.69, 9.17) is 0 Å². The Hall–Kier alpha value is 0.720. The van der Waals surface area contributed by atoms with Gasteiger partial charge < -0.3 is 0 Å². The predicted molar refractivity (Wildman–Crippen MR) is 96.7 cm³/mol. The SMILES string of the molecule is CCCCCCCCCCCCC(C)C(C)(C)P.Cl. The zero-order valence-corrected chi connectivity index (χ0v) is 15.8. The van der Waals surface area contributed by atoms with Crippen molar-refractivity contribution in [1.29, 1.82) is 0 Å². The second-order valence-electron chi connectivity index (χ2n) is 6.69. The average molecular weight is 309 g/mol. The molecule has 0 rings (SSSR count). The first-order valence-corrected chi connectivity index (χ1v) is 8.85. The Morgan fingerprint density at radius 1 is 0.789 bits per heavy atom. The second kappa shape index (κ2) is 13.7. The standard InChI is InChI=1S/C17H37P.ClH/c1-5-6-7-8-9-10-11-12-13-14-15-16(2)17(3,4)18;/h16H,5-15,18H2,1-4H3;1H. The summed E-state index contributed by atoms with van der Waals surface area (Å²) >= 11 is 0. The molecule has 0 saturated carbocycles. The van der Waals surface area contributed by atoms with Crippen molar-refractivity contribution in [2.24, 2.45) is 5.92 Å². The monoisotopic (exact) mass is 308 g/mol. The number of hydrogen-bond donors (Lipinski definition) is 0. The van der Waals surface area contributed by atoms with Gasteiger partial charge in [-0.3, -0.25) is 0 Å². The molecule has 0 amide bonds. The van der Waals surface area contributed by atoms with Crippen LogP contribution in [0.3, 0.4) is 0 Å². The van der Waals surface area contributed by atoms with E-state index in [2.05, 4.69) is 36.9 Å². The van der Waals surface area contributed by atoms with E-state index >= 15 is 0 Å². The van der Waals surface area contributed by atoms with Crippen LogP contribution in [-0.4, -0.2) is 5.16 Å². The Morgan fingerprint density at radius 3 is 1.53 bits per heavy atom. The molecule has 2 unspecified atom stereocenters. The smallest absolute Gasteiger partial charge is 0.0181 e. The summed E-state index contributed by atoms with van der Waals surface area (Å²) in [5.41, 5.74) is 0. The van der Waals surface area contributed by atoms with Gasteiger partial charge >= 0.3 is 0 Å². The first kappa shape index (κ1) is 22.0. The van der Waals surface area contributed by atoms with Crippen molar-refractivity contribution in [2.75, 3.05) is 0 Å². The quantitative estimate of drug-likeness (QED) is 0.269. The highest BCUT2D eigenvalue weighted by molar-refractivity contribution is 7.18. The largest absolute Gasteiger partial charge is 0.147 e. The van der Waals surface area contributed by atoms with Crippen molar-refractivity contribution < 1.29 is 0 Å². The molecule has 0 fully saturated rings. The molecular formula is C17H38ClP. The maximum Gasteiger partial charge on any atom is -0.0181 e. The Bertz CT molecular complexity index is 175. The van der Waals surface area contributed by atoms with Gasteiger partial charge in [0.1, 0.15) is 0 Å². The van der Waals surface area contributed by atoms with E-state index in [1.165, 1.54) is 70.6 Å². The highest BCUT2D eigenvalue weighted by Crippen LogP contribution is 2.30. The van der Waals surface area contributed by atoms with Crippen molar-refractivity contribution >= 4 is 21.6 Å². The summed E-state index contributed by atoms with van der Waals surface area (Å²) in [5, 5.41) is 0.416. The highest BCUT2D eigenvalue weighted by atomic mass is 35.5. The van der Waals surface area contributed by atoms with Gasteiger partial charge in [0, 0.05) is 0 Å². The fourth-order valence-corrected chi connectivity index (χ4v) is 2.48. The Morgan fingerprint density at radius 2 is 1.16 bits per heavy atom. The molecule has 0 radical (unpaired) electrons. The molecule has 0 aromatic rings. The Labute approximate surface area is 131 Å². The molecule has 0 spiro atoms. The summed E-state index contributed by atoms with van der Waals surface area (Å²) in [4.78, 5) is 0. The van der Waals surface area contributed by atoms with Gasteiger partial charge in [0.2, 0.25) is 0 Å². The summed E-state index contributed by atoms with van der Waals surface area (Å²) < 4.78 is 0. The lowest BCUT2D eigenvalue weighted by molar-refractivity contribution is 0.406. The van der Waals surface area contributed by atoms with Crippen LogP contribution in [-0.2, 0) is 0 Å². The molecule has 19 heavy (non-hydrogen) atoms. The molecule has 0 saturated heterocycles. The van der Waals surface area contributed by atoms with Gasteiger partial charge in [-0.1, -0.05) is 91.9 Å². The third-order valence-corrected chi connectivity index (χ3v) is 4.83. The topological polar surface area (TPSA) is 0 Å². The van der Waals surface area contributed by atoms with E-state index in [-0.39, 0.29) is 12.4 Å². The van der Waals surface area contributed by atoms with Crippen LogP contribution in [0.15, 0.2) is 0 Å². The first-order valence-electron chi connectivity index (χ1n) is 8.27. The van der Waals surface area contributed by atoms with Crippen LogP contribution in [0.4, 0.5) is 0 Å². The Balaban J connectivity index is 0. The third-order valence-electron chi connectivity index (χ3n) is 4.26. The lowest BCUT2D eigenvalue weighted by Crippen LogP contribution is -2.20. The fraction of sp³-hybridized carbons (Fsp3) is 1.00. The van der Waals surface area contributed by atoms with Crippen LogP contribution in [0.5, 0.6) is 0 Å². The molecule has 0 N–H and O–H groups in total. The molecule has 0 heterocycles. The highest BCUT2D eigenvalue weighted by Gasteiger charge is 2.19. The van der Waals surface area contributed by atoms with Crippen LogP contribution in [0, 0.1) is 5.92 Å². The number of unbranched alkanes of at least 4 members (excludes halogenated alkanes) is 9. The molecule has 0 aliphatic carbocycles. The van der Waals surface area contributed by atoms with E-state index in [1.54, 1.807) is 0 Å². The molecule has 0 aromatic carbocycles. The lowest BCUT2D eigenvalue weighted by Gasteiger charge is -2.26. The molecule has 118 valence electrons. The summed E-state index contributed by atoms with van der Waals surface area (Å²) in [6.45, 7) is 9.34. The lowest BCUT2D eigenvalue weighted by atomic mass is 9.91. The number of rotatable bonds is 12. The predicted octanol–water partition coefficient (Wildman–Crippen LogP) is 7.01. The van der Waals surface area contributed by atoms with E-state index in [1.807, 2.05) is 0 Å². The molecule has 0 aliphatic rings. The molecule has 0 bridgehead atoms. The van der Waals surface area contributed by atoms with Crippen molar-refractivity contribution in [2.45, 2.75) is 103 Å². The van der Waals surface area contributed by atoms with Gasteiger partial charge in [-0.2, -0.15) is 0 Å². The molecular weight excluding hydrogens is 271 g/mol. The van der Waals surface area contributed by atoms with Crippen molar-refractivity contribution in [3.8, 4) is 0 Å². The van der Waals surface area contributed by atoms with Gasteiger partial charge in [-0.15, -0.1) is 21.6 Å². The molecule has 0 nitrogen and oxygen atoms in total. The summed E-state index contributed by atoms with van der Waals surface area (Å²) in [7, 11) is 2.99. The van der Waals surface area contributed by atoms with Gasteiger partial charge in [0.15, 0.2) is 0 Å². The molecule has 0 aromatic heterocycles. The van der Waals surface area contributed by atoms with Gasteiger partial charge in [0.05, 0.1) is 0 Å². The average Bonchev–Trinajstić information content (AvgIpc) is 2.30. The second-order valence-corrected chi connectivity index (χ2v) is 8.18. The fourth-order valence-electron chi connectivity index (χ4n) is 2.31. The molecule has 0 aliphatic heterocycles. The Kier molecular flexibility index (Phi) is 15.9. The third kappa shape index (κ3) is 14.9. The van der Waals surface area contributed by atoms with Crippen LogP contribution in [0.25, 0.3) is 0 Å². The van der Waals surface area contributed by atoms with Crippen molar-refractivity contribution in [1.82, 2.24) is 0 Å². The minimum atomic E-state index is 0. The van der Waals surface area contributed by atoms with Gasteiger partial charge in [-0.05, 0) is 17.5 Å². The number of halogens is 1. The number of hydrogen-bond acceptors (Lipinski definition) is 0. The van der Waals surface area contributed by atoms with Gasteiger partial charge in [-0.25, -0.2) is 0 Å². The summed E-state index contributed by atoms with van der Waals surface area (Å²) in [6, 6.07) is 0. The van der Waals surface area contributed by atoms with E-state index in [9.17, 15) is 0 Å². The minimum Gasteiger partial charge on any atom is -0.147 e.